The number of hydrogen-bond acceptors (Lipinski definition) is 3. The van der Waals surface area contributed by atoms with E-state index in [0.29, 0.717) is 17.0 Å². The Labute approximate surface area is 185 Å². The number of rotatable bonds is 6. The minimum absolute atomic E-state index is 0.0539. The standard InChI is InChI=1S/C26H34N2O3/c1-26(2,3)21-15-9-11-17-23(21)31-18-24(29)27-22-16-10-8-14-20(22)25(30)28(4)19-12-6-5-7-13-19/h8-11,14-17,19H,5-7,12-13,18H2,1-4H3,(H,27,29). The lowest BCUT2D eigenvalue weighted by molar-refractivity contribution is -0.118. The van der Waals surface area contributed by atoms with Crippen LogP contribution in [0.25, 0.3) is 0 Å². The Kier molecular flexibility index (Phi) is 7.37. The number of hydrogen-bond donors (Lipinski definition) is 1. The van der Waals surface area contributed by atoms with Gasteiger partial charge in [-0.05, 0) is 42.0 Å². The van der Waals surface area contributed by atoms with Crippen molar-refractivity contribution in [1.82, 2.24) is 4.90 Å². The van der Waals surface area contributed by atoms with Crippen molar-refractivity contribution in [3.8, 4) is 5.75 Å². The molecule has 0 radical (unpaired) electrons. The second-order valence-corrected chi connectivity index (χ2v) is 9.34. The molecule has 0 aliphatic heterocycles. The summed E-state index contributed by atoms with van der Waals surface area (Å²) < 4.78 is 5.83. The number of carbonyl (C=O) groups excluding carboxylic acids is 2. The van der Waals surface area contributed by atoms with E-state index in [-0.39, 0.29) is 29.9 Å². The maximum absolute atomic E-state index is 13.1. The number of benzene rings is 2. The molecule has 0 unspecified atom stereocenters. The number of carbonyl (C=O) groups is 2. The molecule has 2 aromatic carbocycles. The Balaban J connectivity index is 1.67. The van der Waals surface area contributed by atoms with Gasteiger partial charge in [0.1, 0.15) is 5.75 Å². The Morgan fingerprint density at radius 1 is 1.00 bits per heavy atom. The van der Waals surface area contributed by atoms with Crippen molar-refractivity contribution >= 4 is 17.5 Å². The topological polar surface area (TPSA) is 58.6 Å². The van der Waals surface area contributed by atoms with Crippen LogP contribution in [0.4, 0.5) is 5.69 Å². The predicted octanol–water partition coefficient (Wildman–Crippen LogP) is 5.41. The predicted molar refractivity (Wildman–Crippen MR) is 125 cm³/mol. The quantitative estimate of drug-likeness (QED) is 0.677. The van der Waals surface area contributed by atoms with Crippen molar-refractivity contribution in [3.05, 3.63) is 59.7 Å². The molecule has 0 spiro atoms. The van der Waals surface area contributed by atoms with Gasteiger partial charge >= 0.3 is 0 Å². The maximum Gasteiger partial charge on any atom is 0.262 e. The zero-order valence-corrected chi connectivity index (χ0v) is 19.1. The zero-order chi connectivity index (χ0) is 22.4. The highest BCUT2D eigenvalue weighted by atomic mass is 16.5. The van der Waals surface area contributed by atoms with Gasteiger partial charge in [0.2, 0.25) is 0 Å². The Morgan fingerprint density at radius 3 is 2.35 bits per heavy atom. The first-order valence-electron chi connectivity index (χ1n) is 11.2. The summed E-state index contributed by atoms with van der Waals surface area (Å²) in [6.45, 7) is 6.22. The monoisotopic (exact) mass is 422 g/mol. The van der Waals surface area contributed by atoms with Crippen LogP contribution in [0.1, 0.15) is 68.8 Å². The van der Waals surface area contributed by atoms with Crippen molar-refractivity contribution in [3.63, 3.8) is 0 Å². The lowest BCUT2D eigenvalue weighted by Gasteiger charge is -2.31. The van der Waals surface area contributed by atoms with Crippen LogP contribution in [0.3, 0.4) is 0 Å². The van der Waals surface area contributed by atoms with Gasteiger partial charge in [0.25, 0.3) is 11.8 Å². The zero-order valence-electron chi connectivity index (χ0n) is 19.1. The van der Waals surface area contributed by atoms with Gasteiger partial charge < -0.3 is 15.0 Å². The molecule has 0 aromatic heterocycles. The molecule has 2 amide bonds. The van der Waals surface area contributed by atoms with E-state index in [2.05, 4.69) is 26.1 Å². The van der Waals surface area contributed by atoms with Gasteiger partial charge in [0, 0.05) is 13.1 Å². The summed E-state index contributed by atoms with van der Waals surface area (Å²) in [5.74, 6) is 0.359. The molecule has 31 heavy (non-hydrogen) atoms. The molecule has 5 heteroatoms. The molecule has 166 valence electrons. The summed E-state index contributed by atoms with van der Waals surface area (Å²) in [6, 6.07) is 15.2. The van der Waals surface area contributed by atoms with E-state index in [0.717, 1.165) is 31.2 Å². The van der Waals surface area contributed by atoms with Crippen molar-refractivity contribution in [2.24, 2.45) is 0 Å². The highest BCUT2D eigenvalue weighted by Crippen LogP contribution is 2.31. The van der Waals surface area contributed by atoms with E-state index in [1.807, 2.05) is 48.3 Å². The highest BCUT2D eigenvalue weighted by molar-refractivity contribution is 6.04. The third kappa shape index (κ3) is 5.87. The van der Waals surface area contributed by atoms with E-state index >= 15 is 0 Å². The van der Waals surface area contributed by atoms with E-state index in [1.165, 1.54) is 6.42 Å². The molecule has 2 aromatic rings. The average molecular weight is 423 g/mol. The first-order valence-corrected chi connectivity index (χ1v) is 11.2. The smallest absolute Gasteiger partial charge is 0.262 e. The summed E-state index contributed by atoms with van der Waals surface area (Å²) in [5.41, 5.74) is 2.00. The van der Waals surface area contributed by atoms with Gasteiger partial charge in [-0.15, -0.1) is 0 Å². The van der Waals surface area contributed by atoms with Gasteiger partial charge in [-0.2, -0.15) is 0 Å². The fraction of sp³-hybridized carbons (Fsp3) is 0.462. The number of amides is 2. The molecule has 0 heterocycles. The van der Waals surface area contributed by atoms with Crippen LogP contribution >= 0.6 is 0 Å². The van der Waals surface area contributed by atoms with E-state index in [9.17, 15) is 9.59 Å². The number of nitrogens with one attached hydrogen (secondary N) is 1. The molecule has 1 fully saturated rings. The lowest BCUT2D eigenvalue weighted by Crippen LogP contribution is -2.38. The van der Waals surface area contributed by atoms with Gasteiger partial charge in [0.05, 0.1) is 11.3 Å². The Hall–Kier alpha value is -2.82. The number of para-hydroxylation sites is 2. The summed E-state index contributed by atoms with van der Waals surface area (Å²) in [4.78, 5) is 27.6. The molecule has 1 aliphatic carbocycles. The minimum Gasteiger partial charge on any atom is -0.483 e. The van der Waals surface area contributed by atoms with Gasteiger partial charge in [-0.1, -0.05) is 70.4 Å². The van der Waals surface area contributed by atoms with Crippen LogP contribution in [-0.4, -0.2) is 36.4 Å². The third-order valence-corrected chi connectivity index (χ3v) is 5.93. The molecule has 0 bridgehead atoms. The summed E-state index contributed by atoms with van der Waals surface area (Å²) in [6.07, 6.45) is 5.64. The van der Waals surface area contributed by atoms with Crippen molar-refractivity contribution < 1.29 is 14.3 Å². The third-order valence-electron chi connectivity index (χ3n) is 5.93. The summed E-state index contributed by atoms with van der Waals surface area (Å²) in [5, 5.41) is 2.87. The normalized spacial score (nSPS) is 14.7. The SMILES string of the molecule is CN(C(=O)c1ccccc1NC(=O)COc1ccccc1C(C)(C)C)C1CCCCC1. The van der Waals surface area contributed by atoms with Crippen LogP contribution < -0.4 is 10.1 Å². The van der Waals surface area contributed by atoms with Gasteiger partial charge in [0.15, 0.2) is 6.61 Å². The van der Waals surface area contributed by atoms with Crippen LogP contribution in [0.2, 0.25) is 0 Å². The first-order chi connectivity index (χ1) is 14.8. The molecule has 1 saturated carbocycles. The Bertz CT molecular complexity index is 911. The second kappa shape index (κ2) is 9.99. The molecule has 1 aliphatic rings. The van der Waals surface area contributed by atoms with Crippen LogP contribution in [0.5, 0.6) is 5.75 Å². The van der Waals surface area contributed by atoms with Crippen molar-refractivity contribution in [2.45, 2.75) is 64.3 Å². The molecule has 1 N–H and O–H groups in total. The molecule has 0 saturated heterocycles. The first kappa shape index (κ1) is 22.9. The van der Waals surface area contributed by atoms with E-state index in [1.54, 1.807) is 12.1 Å². The number of anilines is 1. The lowest BCUT2D eigenvalue weighted by atomic mass is 9.86. The van der Waals surface area contributed by atoms with Gasteiger partial charge in [-0.25, -0.2) is 0 Å². The number of ether oxygens (including phenoxy) is 1. The number of nitrogens with zero attached hydrogens (tertiary/aromatic N) is 1. The van der Waals surface area contributed by atoms with Crippen LogP contribution in [0.15, 0.2) is 48.5 Å². The van der Waals surface area contributed by atoms with E-state index in [4.69, 9.17) is 4.74 Å². The van der Waals surface area contributed by atoms with Crippen molar-refractivity contribution in [1.29, 1.82) is 0 Å². The van der Waals surface area contributed by atoms with Crippen LogP contribution in [-0.2, 0) is 10.2 Å². The summed E-state index contributed by atoms with van der Waals surface area (Å²) >= 11 is 0. The second-order valence-electron chi connectivity index (χ2n) is 9.34. The fourth-order valence-electron chi connectivity index (χ4n) is 4.14. The fourth-order valence-corrected chi connectivity index (χ4v) is 4.14. The molecular formula is C26H34N2O3. The maximum atomic E-state index is 13.1. The largest absolute Gasteiger partial charge is 0.483 e. The van der Waals surface area contributed by atoms with E-state index < -0.39 is 0 Å². The Morgan fingerprint density at radius 2 is 1.65 bits per heavy atom. The molecule has 5 nitrogen and oxygen atoms in total. The highest BCUT2D eigenvalue weighted by Gasteiger charge is 2.25. The van der Waals surface area contributed by atoms with Gasteiger partial charge in [-0.3, -0.25) is 9.59 Å². The molecule has 0 atom stereocenters. The molecular weight excluding hydrogens is 388 g/mol. The summed E-state index contributed by atoms with van der Waals surface area (Å²) in [7, 11) is 1.86. The van der Waals surface area contributed by atoms with Crippen molar-refractivity contribution in [2.75, 3.05) is 19.0 Å². The van der Waals surface area contributed by atoms with Crippen LogP contribution in [0, 0.1) is 0 Å². The molecule has 3 rings (SSSR count). The minimum atomic E-state index is -0.288. The average Bonchev–Trinajstić information content (AvgIpc) is 2.77.